The van der Waals surface area contributed by atoms with Gasteiger partial charge in [0.15, 0.2) is 0 Å². The van der Waals surface area contributed by atoms with Crippen LogP contribution in [-0.4, -0.2) is 34.4 Å². The monoisotopic (exact) mass is 338 g/mol. The van der Waals surface area contributed by atoms with Gasteiger partial charge in [-0.2, -0.15) is 13.2 Å². The molecule has 0 bridgehead atoms. The SMILES string of the molecule is O[C@H]1CN(c2ccc(C(F)(F)F)cn2)CC[C@]1(O)c1ccccc1. The minimum Gasteiger partial charge on any atom is -0.388 e. The first kappa shape index (κ1) is 16.7. The van der Waals surface area contributed by atoms with Crippen LogP contribution in [0.25, 0.3) is 0 Å². The number of alkyl halides is 3. The van der Waals surface area contributed by atoms with Crippen molar-refractivity contribution < 1.29 is 23.4 Å². The highest BCUT2D eigenvalue weighted by Gasteiger charge is 2.42. The van der Waals surface area contributed by atoms with Crippen LogP contribution < -0.4 is 4.90 Å². The maximum absolute atomic E-state index is 12.6. The lowest BCUT2D eigenvalue weighted by atomic mass is 9.82. The van der Waals surface area contributed by atoms with Gasteiger partial charge in [0.1, 0.15) is 17.5 Å². The van der Waals surface area contributed by atoms with Gasteiger partial charge in [-0.3, -0.25) is 0 Å². The van der Waals surface area contributed by atoms with Crippen LogP contribution in [0.4, 0.5) is 19.0 Å². The van der Waals surface area contributed by atoms with Gasteiger partial charge in [0.2, 0.25) is 0 Å². The smallest absolute Gasteiger partial charge is 0.388 e. The van der Waals surface area contributed by atoms with Crippen LogP contribution >= 0.6 is 0 Å². The van der Waals surface area contributed by atoms with Crippen LogP contribution in [0.1, 0.15) is 17.5 Å². The summed E-state index contributed by atoms with van der Waals surface area (Å²) in [5.41, 5.74) is -1.56. The van der Waals surface area contributed by atoms with Crippen LogP contribution in [0.3, 0.4) is 0 Å². The summed E-state index contributed by atoms with van der Waals surface area (Å²) < 4.78 is 37.8. The molecule has 4 nitrogen and oxygen atoms in total. The maximum atomic E-state index is 12.6. The van der Waals surface area contributed by atoms with Crippen molar-refractivity contribution in [2.45, 2.75) is 24.3 Å². The zero-order valence-electron chi connectivity index (χ0n) is 12.7. The second-order valence-corrected chi connectivity index (χ2v) is 5.90. The topological polar surface area (TPSA) is 56.6 Å². The molecule has 1 aromatic carbocycles. The molecule has 1 saturated heterocycles. The lowest BCUT2D eigenvalue weighted by Crippen LogP contribution is -2.53. The summed E-state index contributed by atoms with van der Waals surface area (Å²) in [4.78, 5) is 5.51. The van der Waals surface area contributed by atoms with Gasteiger partial charge in [0.05, 0.1) is 5.56 Å². The van der Waals surface area contributed by atoms with Gasteiger partial charge in [-0.1, -0.05) is 30.3 Å². The molecular weight excluding hydrogens is 321 g/mol. The zero-order valence-corrected chi connectivity index (χ0v) is 12.7. The standard InChI is InChI=1S/C17H17F3N2O2/c18-17(19,20)13-6-7-15(21-10-13)22-9-8-16(24,14(23)11-22)12-4-2-1-3-5-12/h1-7,10,14,23-24H,8-9,11H2/t14-,16-/m0/s1. The number of anilines is 1. The minimum absolute atomic E-state index is 0.0871. The van der Waals surface area contributed by atoms with Crippen molar-refractivity contribution in [2.75, 3.05) is 18.0 Å². The quantitative estimate of drug-likeness (QED) is 0.884. The molecule has 2 heterocycles. The Balaban J connectivity index is 1.76. The molecule has 2 N–H and O–H groups in total. The molecular formula is C17H17F3N2O2. The molecule has 24 heavy (non-hydrogen) atoms. The van der Waals surface area contributed by atoms with Crippen LogP contribution in [0.2, 0.25) is 0 Å². The lowest BCUT2D eigenvalue weighted by molar-refractivity contribution is -0.137. The number of β-amino-alcohol motifs (C(OH)–C–C–N with tert-alkyl or cyclic N) is 1. The number of hydrogen-bond donors (Lipinski definition) is 2. The molecule has 0 unspecified atom stereocenters. The molecule has 0 amide bonds. The van der Waals surface area contributed by atoms with E-state index in [1.54, 1.807) is 29.2 Å². The summed E-state index contributed by atoms with van der Waals surface area (Å²) in [5, 5.41) is 21.2. The second kappa shape index (κ2) is 6.07. The average Bonchev–Trinajstić information content (AvgIpc) is 2.57. The fraction of sp³-hybridized carbons (Fsp3) is 0.353. The number of nitrogens with zero attached hydrogens (tertiary/aromatic N) is 2. The van der Waals surface area contributed by atoms with Gasteiger partial charge in [-0.15, -0.1) is 0 Å². The van der Waals surface area contributed by atoms with Gasteiger partial charge < -0.3 is 15.1 Å². The molecule has 3 rings (SSSR count). The van der Waals surface area contributed by atoms with Crippen molar-refractivity contribution in [1.29, 1.82) is 0 Å². The zero-order chi connectivity index (χ0) is 17.4. The molecule has 0 aliphatic carbocycles. The van der Waals surface area contributed by atoms with Crippen LogP contribution in [-0.2, 0) is 11.8 Å². The highest BCUT2D eigenvalue weighted by Crippen LogP contribution is 2.35. The van der Waals surface area contributed by atoms with E-state index in [1.807, 2.05) is 6.07 Å². The van der Waals surface area contributed by atoms with Gasteiger partial charge >= 0.3 is 6.18 Å². The predicted molar refractivity (Wildman–Crippen MR) is 82.4 cm³/mol. The van der Waals surface area contributed by atoms with Crippen LogP contribution in [0.15, 0.2) is 48.7 Å². The number of piperidine rings is 1. The summed E-state index contributed by atoms with van der Waals surface area (Å²) in [6, 6.07) is 11.1. The van der Waals surface area contributed by atoms with Crippen LogP contribution in [0.5, 0.6) is 0 Å². The molecule has 2 aromatic rings. The number of halogens is 3. The first-order chi connectivity index (χ1) is 11.3. The summed E-state index contributed by atoms with van der Waals surface area (Å²) >= 11 is 0. The molecule has 0 radical (unpaired) electrons. The predicted octanol–water partition coefficient (Wildman–Crippen LogP) is 2.56. The van der Waals surface area contributed by atoms with E-state index < -0.39 is 23.4 Å². The Morgan fingerprint density at radius 1 is 1.12 bits per heavy atom. The summed E-state index contributed by atoms with van der Waals surface area (Å²) in [6.45, 7) is 0.463. The molecule has 1 aliphatic rings. The maximum Gasteiger partial charge on any atom is 0.417 e. The van der Waals surface area contributed by atoms with E-state index in [0.29, 0.717) is 17.9 Å². The molecule has 1 aromatic heterocycles. The third-order valence-electron chi connectivity index (χ3n) is 4.38. The number of rotatable bonds is 2. The molecule has 1 fully saturated rings. The minimum atomic E-state index is -4.43. The van der Waals surface area contributed by atoms with Crippen molar-refractivity contribution in [3.8, 4) is 0 Å². The fourth-order valence-corrected chi connectivity index (χ4v) is 2.94. The summed E-state index contributed by atoms with van der Waals surface area (Å²) in [6.07, 6.45) is -4.47. The highest BCUT2D eigenvalue weighted by atomic mass is 19.4. The number of benzene rings is 1. The third-order valence-corrected chi connectivity index (χ3v) is 4.38. The van der Waals surface area contributed by atoms with Crippen molar-refractivity contribution >= 4 is 5.82 Å². The van der Waals surface area contributed by atoms with E-state index in [9.17, 15) is 23.4 Å². The Kier molecular flexibility index (Phi) is 4.23. The summed E-state index contributed by atoms with van der Waals surface area (Å²) in [5.74, 6) is 0.345. The number of aliphatic hydroxyl groups excluding tert-OH is 1. The first-order valence-corrected chi connectivity index (χ1v) is 7.55. The Bertz CT molecular complexity index is 691. The van der Waals surface area contributed by atoms with Crippen molar-refractivity contribution in [3.05, 3.63) is 59.8 Å². The number of hydrogen-bond acceptors (Lipinski definition) is 4. The van der Waals surface area contributed by atoms with E-state index in [-0.39, 0.29) is 13.0 Å². The number of aromatic nitrogens is 1. The van der Waals surface area contributed by atoms with Gasteiger partial charge in [-0.05, 0) is 17.7 Å². The van der Waals surface area contributed by atoms with Crippen molar-refractivity contribution in [1.82, 2.24) is 4.98 Å². The first-order valence-electron chi connectivity index (χ1n) is 7.55. The van der Waals surface area contributed by atoms with Crippen molar-refractivity contribution in [3.63, 3.8) is 0 Å². The molecule has 0 saturated carbocycles. The fourth-order valence-electron chi connectivity index (χ4n) is 2.94. The Labute approximate surface area is 137 Å². The second-order valence-electron chi connectivity index (χ2n) is 5.90. The van der Waals surface area contributed by atoms with E-state index >= 15 is 0 Å². The van der Waals surface area contributed by atoms with Crippen molar-refractivity contribution in [2.24, 2.45) is 0 Å². The highest BCUT2D eigenvalue weighted by molar-refractivity contribution is 5.42. The normalized spacial score (nSPS) is 24.9. The van der Waals surface area contributed by atoms with E-state index in [4.69, 9.17) is 0 Å². The lowest BCUT2D eigenvalue weighted by Gasteiger charge is -2.42. The number of aliphatic hydroxyl groups is 2. The molecule has 0 spiro atoms. The third kappa shape index (κ3) is 3.09. The van der Waals surface area contributed by atoms with Gasteiger partial charge in [0.25, 0.3) is 0 Å². The molecule has 128 valence electrons. The largest absolute Gasteiger partial charge is 0.417 e. The average molecular weight is 338 g/mol. The Morgan fingerprint density at radius 3 is 2.38 bits per heavy atom. The number of pyridine rings is 1. The van der Waals surface area contributed by atoms with Gasteiger partial charge in [-0.25, -0.2) is 4.98 Å². The molecule has 7 heteroatoms. The summed E-state index contributed by atoms with van der Waals surface area (Å²) in [7, 11) is 0. The van der Waals surface area contributed by atoms with E-state index in [1.165, 1.54) is 6.07 Å². The van der Waals surface area contributed by atoms with E-state index in [2.05, 4.69) is 4.98 Å². The van der Waals surface area contributed by atoms with Gasteiger partial charge in [0, 0.05) is 25.7 Å². The van der Waals surface area contributed by atoms with Crippen LogP contribution in [0, 0.1) is 0 Å². The Hall–Kier alpha value is -2.12. The Morgan fingerprint density at radius 2 is 1.83 bits per heavy atom. The molecule has 2 atom stereocenters. The van der Waals surface area contributed by atoms with E-state index in [0.717, 1.165) is 12.3 Å². The molecule has 1 aliphatic heterocycles.